The van der Waals surface area contributed by atoms with E-state index < -0.39 is 30.1 Å². The molecule has 35 heavy (non-hydrogen) atoms. The van der Waals surface area contributed by atoms with Crippen LogP contribution in [0.3, 0.4) is 0 Å². The molecule has 2 N–H and O–H groups in total. The molecule has 3 aromatic carbocycles. The quantitative estimate of drug-likeness (QED) is 0.277. The number of esters is 1. The van der Waals surface area contributed by atoms with Crippen molar-refractivity contribution in [3.05, 3.63) is 105 Å². The van der Waals surface area contributed by atoms with Crippen molar-refractivity contribution in [1.82, 2.24) is 10.6 Å². The number of amides is 2. The Kier molecular flexibility index (Phi) is 10.1. The summed E-state index contributed by atoms with van der Waals surface area (Å²) in [4.78, 5) is 38.2. The number of hydrogen-bond acceptors (Lipinski definition) is 5. The summed E-state index contributed by atoms with van der Waals surface area (Å²) in [5, 5.41) is 5.39. The zero-order chi connectivity index (χ0) is 25.0. The molecule has 0 saturated carbocycles. The Balaban J connectivity index is 1.71. The summed E-state index contributed by atoms with van der Waals surface area (Å²) in [5.74, 6) is -1.08. The highest BCUT2D eigenvalue weighted by molar-refractivity contribution is 14.1. The maximum absolute atomic E-state index is 13.3. The Morgan fingerprint density at radius 2 is 1.37 bits per heavy atom. The van der Waals surface area contributed by atoms with Crippen LogP contribution in [0.25, 0.3) is 0 Å². The molecule has 0 heterocycles. The molecule has 7 nitrogen and oxygen atoms in total. The Labute approximate surface area is 218 Å². The number of alkyl carbamates (subject to hydrolysis) is 1. The summed E-state index contributed by atoms with van der Waals surface area (Å²) in [7, 11) is 1.27. The summed E-state index contributed by atoms with van der Waals surface area (Å²) in [6.45, 7) is 0.0732. The van der Waals surface area contributed by atoms with Gasteiger partial charge in [0.1, 0.15) is 18.7 Å². The van der Waals surface area contributed by atoms with Crippen molar-refractivity contribution in [2.24, 2.45) is 0 Å². The molecule has 2 atom stereocenters. The number of ether oxygens (including phenoxy) is 2. The van der Waals surface area contributed by atoms with E-state index in [2.05, 4.69) is 33.2 Å². The highest BCUT2D eigenvalue weighted by Gasteiger charge is 2.28. The van der Waals surface area contributed by atoms with Gasteiger partial charge in [-0.05, 0) is 51.4 Å². The molecule has 0 unspecified atom stereocenters. The first kappa shape index (κ1) is 26.2. The highest BCUT2D eigenvalue weighted by Crippen LogP contribution is 2.12. The predicted molar refractivity (Wildman–Crippen MR) is 141 cm³/mol. The number of nitrogens with one attached hydrogen (secondary N) is 2. The molecule has 0 bridgehead atoms. The maximum Gasteiger partial charge on any atom is 0.408 e. The molecule has 0 radical (unpaired) electrons. The fourth-order valence-corrected chi connectivity index (χ4v) is 4.08. The summed E-state index contributed by atoms with van der Waals surface area (Å²) < 4.78 is 11.2. The van der Waals surface area contributed by atoms with E-state index in [1.54, 1.807) is 0 Å². The first-order valence-electron chi connectivity index (χ1n) is 11.1. The number of carbonyl (C=O) groups excluding carboxylic acids is 3. The van der Waals surface area contributed by atoms with Gasteiger partial charge in [-0.25, -0.2) is 9.59 Å². The van der Waals surface area contributed by atoms with Crippen molar-refractivity contribution in [3.63, 3.8) is 0 Å². The van der Waals surface area contributed by atoms with Crippen molar-refractivity contribution in [2.45, 2.75) is 31.5 Å². The van der Waals surface area contributed by atoms with E-state index in [9.17, 15) is 14.4 Å². The number of benzene rings is 3. The van der Waals surface area contributed by atoms with Crippen LogP contribution in [-0.4, -0.2) is 37.2 Å². The fraction of sp³-hybridized carbons (Fsp3) is 0.222. The molecule has 0 fully saturated rings. The maximum atomic E-state index is 13.3. The summed E-state index contributed by atoms with van der Waals surface area (Å²) in [6.07, 6.45) is -0.243. The van der Waals surface area contributed by atoms with Crippen LogP contribution < -0.4 is 10.6 Å². The minimum Gasteiger partial charge on any atom is -0.467 e. The van der Waals surface area contributed by atoms with Crippen molar-refractivity contribution in [2.75, 3.05) is 7.11 Å². The van der Waals surface area contributed by atoms with Crippen molar-refractivity contribution >= 4 is 40.6 Å². The number of methoxy groups -OCH3 is 1. The van der Waals surface area contributed by atoms with Gasteiger partial charge in [-0.2, -0.15) is 0 Å². The lowest BCUT2D eigenvalue weighted by Gasteiger charge is -2.22. The van der Waals surface area contributed by atoms with Gasteiger partial charge in [-0.3, -0.25) is 4.79 Å². The third-order valence-electron chi connectivity index (χ3n) is 5.24. The topological polar surface area (TPSA) is 93.7 Å². The average molecular weight is 586 g/mol. The molecule has 2 amide bonds. The van der Waals surface area contributed by atoms with E-state index >= 15 is 0 Å². The van der Waals surface area contributed by atoms with E-state index in [4.69, 9.17) is 9.47 Å². The average Bonchev–Trinajstić information content (AvgIpc) is 2.87. The molecule has 0 aliphatic carbocycles. The zero-order valence-electron chi connectivity index (χ0n) is 19.3. The van der Waals surface area contributed by atoms with Gasteiger partial charge in [0.25, 0.3) is 0 Å². The molecule has 3 aromatic rings. The Hall–Kier alpha value is -3.40. The largest absolute Gasteiger partial charge is 0.467 e. The normalized spacial score (nSPS) is 12.2. The van der Waals surface area contributed by atoms with Crippen molar-refractivity contribution < 1.29 is 23.9 Å². The van der Waals surface area contributed by atoms with Gasteiger partial charge in [0.05, 0.1) is 7.11 Å². The van der Waals surface area contributed by atoms with Gasteiger partial charge >= 0.3 is 12.1 Å². The predicted octanol–water partition coefficient (Wildman–Crippen LogP) is 4.03. The second-order valence-corrected chi connectivity index (χ2v) is 9.11. The van der Waals surface area contributed by atoms with Crippen LogP contribution in [0.1, 0.15) is 16.7 Å². The number of carbonyl (C=O) groups is 3. The first-order valence-corrected chi connectivity index (χ1v) is 12.2. The van der Waals surface area contributed by atoms with Gasteiger partial charge in [0, 0.05) is 16.4 Å². The SMILES string of the molecule is COC(=O)[C@@H](Cc1cccc(I)c1)NC(=O)[C@@H](Cc1ccccc1)NC(=O)OCc1ccccc1. The lowest BCUT2D eigenvalue weighted by Crippen LogP contribution is -2.53. The number of halogens is 1. The van der Waals surface area contributed by atoms with Gasteiger partial charge in [0.15, 0.2) is 0 Å². The van der Waals surface area contributed by atoms with E-state index in [0.29, 0.717) is 0 Å². The molecule has 0 aromatic heterocycles. The minimum absolute atomic E-state index is 0.0732. The summed E-state index contributed by atoms with van der Waals surface area (Å²) >= 11 is 2.19. The molecule has 8 heteroatoms. The van der Waals surface area contributed by atoms with Crippen LogP contribution in [-0.2, 0) is 38.5 Å². The van der Waals surface area contributed by atoms with E-state index in [1.165, 1.54) is 7.11 Å². The lowest BCUT2D eigenvalue weighted by molar-refractivity contribution is -0.145. The molecule has 0 aliphatic rings. The number of hydrogen-bond donors (Lipinski definition) is 2. The Morgan fingerprint density at radius 3 is 2.00 bits per heavy atom. The zero-order valence-corrected chi connectivity index (χ0v) is 21.4. The third kappa shape index (κ3) is 8.71. The second kappa shape index (κ2) is 13.5. The van der Waals surface area contributed by atoms with Crippen molar-refractivity contribution in [3.8, 4) is 0 Å². The molecular weight excluding hydrogens is 559 g/mol. The first-order chi connectivity index (χ1) is 16.9. The lowest BCUT2D eigenvalue weighted by atomic mass is 10.0. The van der Waals surface area contributed by atoms with Crippen LogP contribution in [0, 0.1) is 3.57 Å². The minimum atomic E-state index is -0.955. The highest BCUT2D eigenvalue weighted by atomic mass is 127. The molecule has 3 rings (SSSR count). The van der Waals surface area contributed by atoms with Crippen LogP contribution in [0.15, 0.2) is 84.9 Å². The van der Waals surface area contributed by atoms with Gasteiger partial charge in [-0.15, -0.1) is 0 Å². The van der Waals surface area contributed by atoms with E-state index in [1.807, 2.05) is 84.9 Å². The monoisotopic (exact) mass is 586 g/mol. The molecule has 0 spiro atoms. The fourth-order valence-electron chi connectivity index (χ4n) is 3.47. The van der Waals surface area contributed by atoms with Crippen molar-refractivity contribution in [1.29, 1.82) is 0 Å². The Morgan fingerprint density at radius 1 is 0.771 bits per heavy atom. The molecular formula is C27H27IN2O5. The smallest absolute Gasteiger partial charge is 0.408 e. The second-order valence-electron chi connectivity index (χ2n) is 7.87. The van der Waals surface area contributed by atoms with Gasteiger partial charge in [0.2, 0.25) is 5.91 Å². The standard InChI is InChI=1S/C27H27IN2O5/c1-34-26(32)24(17-21-13-8-14-22(28)15-21)29-25(31)23(16-19-9-4-2-5-10-19)30-27(33)35-18-20-11-6-3-7-12-20/h2-15,23-24H,16-18H2,1H3,(H,29,31)(H,30,33)/t23-,24-/m1/s1. The molecule has 0 saturated heterocycles. The van der Waals surface area contributed by atoms with E-state index in [-0.39, 0.29) is 19.4 Å². The summed E-state index contributed by atoms with van der Waals surface area (Å²) in [6, 6.07) is 24.3. The third-order valence-corrected chi connectivity index (χ3v) is 5.91. The molecule has 182 valence electrons. The Bertz CT molecular complexity index is 1120. The van der Waals surface area contributed by atoms with E-state index in [0.717, 1.165) is 20.3 Å². The van der Waals surface area contributed by atoms with Gasteiger partial charge in [-0.1, -0.05) is 72.8 Å². The van der Waals surface area contributed by atoms with Crippen LogP contribution in [0.2, 0.25) is 0 Å². The summed E-state index contributed by atoms with van der Waals surface area (Å²) in [5.41, 5.74) is 2.56. The van der Waals surface area contributed by atoms with Crippen LogP contribution in [0.4, 0.5) is 4.79 Å². The van der Waals surface area contributed by atoms with Gasteiger partial charge < -0.3 is 20.1 Å². The molecule has 0 aliphatic heterocycles. The van der Waals surface area contributed by atoms with Crippen LogP contribution >= 0.6 is 22.6 Å². The number of rotatable bonds is 10. The van der Waals surface area contributed by atoms with Crippen LogP contribution in [0.5, 0.6) is 0 Å².